The Balaban J connectivity index is 0.00000176. The van der Waals surface area contributed by atoms with E-state index in [1.807, 2.05) is 0 Å². The number of hydrogen-bond donors (Lipinski definition) is 1. The van der Waals surface area contributed by atoms with Crippen molar-refractivity contribution in [1.82, 2.24) is 14.5 Å². The number of aliphatic imine (C=N–C) groups is 1. The van der Waals surface area contributed by atoms with Gasteiger partial charge in [-0.15, -0.1) is 24.0 Å². The van der Waals surface area contributed by atoms with Crippen molar-refractivity contribution in [3.05, 3.63) is 17.7 Å². The zero-order valence-electron chi connectivity index (χ0n) is 13.5. The van der Waals surface area contributed by atoms with Crippen molar-refractivity contribution in [3.8, 4) is 0 Å². The van der Waals surface area contributed by atoms with Gasteiger partial charge in [0.25, 0.3) is 0 Å². The fourth-order valence-corrected chi connectivity index (χ4v) is 3.21. The average Bonchev–Trinajstić information content (AvgIpc) is 2.90. The van der Waals surface area contributed by atoms with E-state index < -0.39 is 0 Å². The Morgan fingerprint density at radius 3 is 2.82 bits per heavy atom. The minimum Gasteiger partial charge on any atom is -0.370 e. The normalized spacial score (nSPS) is 19.7. The van der Waals surface area contributed by atoms with Gasteiger partial charge in [-0.1, -0.05) is 6.92 Å². The molecule has 0 saturated carbocycles. The lowest BCUT2D eigenvalue weighted by Crippen LogP contribution is -2.42. The number of nitrogens with zero attached hydrogens (tertiary/aromatic N) is 4. The quantitative estimate of drug-likeness (QED) is 0.467. The van der Waals surface area contributed by atoms with Gasteiger partial charge in [-0.3, -0.25) is 4.99 Å². The first kappa shape index (κ1) is 17.6. The molecule has 1 fully saturated rings. The summed E-state index contributed by atoms with van der Waals surface area (Å²) in [5, 5.41) is 0. The Labute approximate surface area is 150 Å². The SMILES string of the molecule is CC1CCN(C(N)=NCCc2cn3c(n2)CCCC3)CC1.I. The number of halogens is 1. The molecule has 2 N–H and O–H groups in total. The van der Waals surface area contributed by atoms with E-state index in [9.17, 15) is 0 Å². The Hall–Kier alpha value is -0.790. The third kappa shape index (κ3) is 4.36. The maximum atomic E-state index is 6.11. The summed E-state index contributed by atoms with van der Waals surface area (Å²) in [7, 11) is 0. The maximum absolute atomic E-state index is 6.11. The second-order valence-electron chi connectivity index (χ2n) is 6.46. The lowest BCUT2D eigenvalue weighted by Gasteiger charge is -2.31. The van der Waals surface area contributed by atoms with Crippen LogP contribution in [-0.2, 0) is 19.4 Å². The monoisotopic (exact) mass is 417 g/mol. The van der Waals surface area contributed by atoms with Crippen molar-refractivity contribution >= 4 is 29.9 Å². The highest BCUT2D eigenvalue weighted by Gasteiger charge is 2.17. The van der Waals surface area contributed by atoms with Crippen molar-refractivity contribution in [2.75, 3.05) is 19.6 Å². The number of rotatable bonds is 3. The summed E-state index contributed by atoms with van der Waals surface area (Å²) < 4.78 is 2.30. The molecule has 5 nitrogen and oxygen atoms in total. The third-order valence-electron chi connectivity index (χ3n) is 4.71. The van der Waals surface area contributed by atoms with Crippen LogP contribution in [0.1, 0.15) is 44.1 Å². The second-order valence-corrected chi connectivity index (χ2v) is 6.46. The van der Waals surface area contributed by atoms with E-state index in [1.165, 1.54) is 31.5 Å². The molecule has 6 heteroatoms. The first-order valence-corrected chi connectivity index (χ1v) is 8.32. The molecule has 124 valence electrons. The molecule has 0 spiro atoms. The summed E-state index contributed by atoms with van der Waals surface area (Å²) in [6, 6.07) is 0. The Bertz CT molecular complexity index is 479. The summed E-state index contributed by atoms with van der Waals surface area (Å²) in [5.74, 6) is 2.79. The molecule has 2 aliphatic rings. The first-order chi connectivity index (χ1) is 10.2. The van der Waals surface area contributed by atoms with Crippen LogP contribution >= 0.6 is 24.0 Å². The van der Waals surface area contributed by atoms with Crippen LogP contribution in [0, 0.1) is 5.92 Å². The van der Waals surface area contributed by atoms with Gasteiger partial charge in [0.2, 0.25) is 0 Å². The van der Waals surface area contributed by atoms with Crippen LogP contribution in [0.5, 0.6) is 0 Å². The van der Waals surface area contributed by atoms with Crippen LogP contribution < -0.4 is 5.73 Å². The minimum absolute atomic E-state index is 0. The molecule has 1 saturated heterocycles. The van der Waals surface area contributed by atoms with Crippen LogP contribution in [0.4, 0.5) is 0 Å². The van der Waals surface area contributed by atoms with Crippen molar-refractivity contribution in [3.63, 3.8) is 0 Å². The molecular formula is C16H28IN5. The number of imidazole rings is 1. The number of piperidine rings is 1. The van der Waals surface area contributed by atoms with E-state index in [2.05, 4.69) is 27.6 Å². The van der Waals surface area contributed by atoms with E-state index in [-0.39, 0.29) is 24.0 Å². The fourth-order valence-electron chi connectivity index (χ4n) is 3.21. The second kappa shape index (κ2) is 8.17. The van der Waals surface area contributed by atoms with Gasteiger partial charge in [-0.05, 0) is 31.6 Å². The highest BCUT2D eigenvalue weighted by Crippen LogP contribution is 2.16. The molecule has 3 rings (SSSR count). The highest BCUT2D eigenvalue weighted by atomic mass is 127. The van der Waals surface area contributed by atoms with Crippen molar-refractivity contribution < 1.29 is 0 Å². The predicted octanol–water partition coefficient (Wildman–Crippen LogP) is 2.43. The van der Waals surface area contributed by atoms with Gasteiger partial charge in [-0.2, -0.15) is 0 Å². The molecule has 0 atom stereocenters. The Kier molecular flexibility index (Phi) is 6.52. The van der Waals surface area contributed by atoms with Crippen LogP contribution in [0.3, 0.4) is 0 Å². The lowest BCUT2D eigenvalue weighted by molar-refractivity contribution is 0.277. The van der Waals surface area contributed by atoms with Gasteiger partial charge in [0, 0.05) is 45.2 Å². The first-order valence-electron chi connectivity index (χ1n) is 8.32. The standard InChI is InChI=1S/C16H27N5.HI/c1-13-6-10-20(11-7-13)16(17)18-8-5-14-12-21-9-3-2-4-15(21)19-14;/h12-13H,2-11H2,1H3,(H2,17,18);1H. The van der Waals surface area contributed by atoms with Crippen molar-refractivity contribution in [2.24, 2.45) is 16.6 Å². The van der Waals surface area contributed by atoms with E-state index in [1.54, 1.807) is 0 Å². The molecule has 1 aromatic heterocycles. The van der Waals surface area contributed by atoms with Crippen molar-refractivity contribution in [1.29, 1.82) is 0 Å². The molecule has 0 aliphatic carbocycles. The van der Waals surface area contributed by atoms with Gasteiger partial charge in [0.1, 0.15) is 5.82 Å². The number of aryl methyl sites for hydroxylation is 2. The highest BCUT2D eigenvalue weighted by molar-refractivity contribution is 14.0. The van der Waals surface area contributed by atoms with Gasteiger partial charge < -0.3 is 15.2 Å². The largest absolute Gasteiger partial charge is 0.370 e. The summed E-state index contributed by atoms with van der Waals surface area (Å²) in [4.78, 5) is 11.5. The Morgan fingerprint density at radius 2 is 2.09 bits per heavy atom. The zero-order valence-corrected chi connectivity index (χ0v) is 15.8. The van der Waals surface area contributed by atoms with Crippen LogP contribution in [0.25, 0.3) is 0 Å². The fraction of sp³-hybridized carbons (Fsp3) is 0.750. The molecule has 2 aliphatic heterocycles. The molecule has 3 heterocycles. The number of guanidine groups is 1. The topological polar surface area (TPSA) is 59.4 Å². The number of nitrogens with two attached hydrogens (primary N) is 1. The molecule has 0 bridgehead atoms. The number of aromatic nitrogens is 2. The smallest absolute Gasteiger partial charge is 0.191 e. The number of likely N-dealkylation sites (tertiary alicyclic amines) is 1. The third-order valence-corrected chi connectivity index (χ3v) is 4.71. The molecule has 0 aromatic carbocycles. The molecule has 0 unspecified atom stereocenters. The van der Waals surface area contributed by atoms with Gasteiger partial charge in [0.15, 0.2) is 5.96 Å². The van der Waals surface area contributed by atoms with E-state index in [4.69, 9.17) is 10.7 Å². The number of fused-ring (bicyclic) bond motifs is 1. The molecule has 22 heavy (non-hydrogen) atoms. The maximum Gasteiger partial charge on any atom is 0.191 e. The van der Waals surface area contributed by atoms with Gasteiger partial charge in [0.05, 0.1) is 5.69 Å². The van der Waals surface area contributed by atoms with Crippen molar-refractivity contribution in [2.45, 2.75) is 52.0 Å². The lowest BCUT2D eigenvalue weighted by atomic mass is 10.00. The summed E-state index contributed by atoms with van der Waals surface area (Å²) in [5.41, 5.74) is 7.27. The van der Waals surface area contributed by atoms with E-state index >= 15 is 0 Å². The van der Waals surface area contributed by atoms with Gasteiger partial charge >= 0.3 is 0 Å². The average molecular weight is 417 g/mol. The zero-order chi connectivity index (χ0) is 14.7. The van der Waals surface area contributed by atoms with E-state index in [0.717, 1.165) is 50.6 Å². The molecule has 0 amide bonds. The minimum atomic E-state index is 0. The van der Waals surface area contributed by atoms with Gasteiger partial charge in [-0.25, -0.2) is 4.98 Å². The molecule has 1 aromatic rings. The Morgan fingerprint density at radius 1 is 1.32 bits per heavy atom. The van der Waals surface area contributed by atoms with Crippen LogP contribution in [0.2, 0.25) is 0 Å². The molecular weight excluding hydrogens is 389 g/mol. The van der Waals surface area contributed by atoms with Crippen LogP contribution in [0.15, 0.2) is 11.2 Å². The van der Waals surface area contributed by atoms with E-state index in [0.29, 0.717) is 5.96 Å². The predicted molar refractivity (Wildman–Crippen MR) is 101 cm³/mol. The number of hydrogen-bond acceptors (Lipinski definition) is 2. The summed E-state index contributed by atoms with van der Waals surface area (Å²) >= 11 is 0. The summed E-state index contributed by atoms with van der Waals surface area (Å²) in [6.45, 7) is 6.28. The van der Waals surface area contributed by atoms with Crippen LogP contribution in [-0.4, -0.2) is 40.0 Å². The summed E-state index contributed by atoms with van der Waals surface area (Å²) in [6.07, 6.45) is 9.22. The molecule has 0 radical (unpaired) electrons.